The molecule has 0 atom stereocenters. The van der Waals surface area contributed by atoms with E-state index in [1.807, 2.05) is 38.5 Å². The Bertz CT molecular complexity index is 492. The Labute approximate surface area is 120 Å². The minimum absolute atomic E-state index is 0.0388. The lowest BCUT2D eigenvalue weighted by atomic mass is 10.1. The Morgan fingerprint density at radius 2 is 1.95 bits per heavy atom. The molecule has 112 valence electrons. The molecule has 5 nitrogen and oxygen atoms in total. The zero-order valence-corrected chi connectivity index (χ0v) is 13.1. The normalized spacial score (nSPS) is 10.9. The van der Waals surface area contributed by atoms with Crippen LogP contribution in [-0.4, -0.2) is 47.8 Å². The van der Waals surface area contributed by atoms with Crippen molar-refractivity contribution < 1.29 is 9.59 Å². The molecule has 0 saturated heterocycles. The highest BCUT2D eigenvalue weighted by Crippen LogP contribution is 2.14. The van der Waals surface area contributed by atoms with Crippen LogP contribution in [0.25, 0.3) is 0 Å². The van der Waals surface area contributed by atoms with E-state index >= 15 is 0 Å². The number of ketones is 1. The highest BCUT2D eigenvalue weighted by molar-refractivity contribution is 5.99. The molecule has 0 bridgehead atoms. The van der Waals surface area contributed by atoms with Crippen LogP contribution in [0, 0.1) is 13.8 Å². The Kier molecular flexibility index (Phi) is 5.95. The van der Waals surface area contributed by atoms with E-state index in [4.69, 9.17) is 0 Å². The minimum Gasteiger partial charge on any atom is -0.355 e. The van der Waals surface area contributed by atoms with Crippen molar-refractivity contribution in [3.8, 4) is 0 Å². The van der Waals surface area contributed by atoms with Crippen LogP contribution < -0.4 is 5.32 Å². The summed E-state index contributed by atoms with van der Waals surface area (Å²) in [5.41, 5.74) is 2.77. The summed E-state index contributed by atoms with van der Waals surface area (Å²) in [5.74, 6) is 0.0140. The van der Waals surface area contributed by atoms with E-state index in [-0.39, 0.29) is 24.8 Å². The molecule has 1 N–H and O–H groups in total. The molecule has 1 aromatic heterocycles. The van der Waals surface area contributed by atoms with Crippen molar-refractivity contribution in [1.29, 1.82) is 0 Å². The first kappa shape index (κ1) is 16.4. The molecule has 0 saturated carbocycles. The average Bonchev–Trinajstić information content (AvgIpc) is 2.64. The third-order valence-corrected chi connectivity index (χ3v) is 3.47. The number of amides is 1. The molecular formula is C15H25N3O2. The summed E-state index contributed by atoms with van der Waals surface area (Å²) in [4.78, 5) is 25.6. The van der Waals surface area contributed by atoms with E-state index in [0.29, 0.717) is 6.54 Å². The van der Waals surface area contributed by atoms with E-state index in [2.05, 4.69) is 5.32 Å². The van der Waals surface area contributed by atoms with E-state index in [1.165, 1.54) is 0 Å². The van der Waals surface area contributed by atoms with Crippen molar-refractivity contribution >= 4 is 11.7 Å². The molecule has 0 aliphatic heterocycles. The van der Waals surface area contributed by atoms with Gasteiger partial charge in [-0.1, -0.05) is 6.92 Å². The maximum Gasteiger partial charge on any atom is 0.234 e. The monoisotopic (exact) mass is 279 g/mol. The van der Waals surface area contributed by atoms with E-state index in [9.17, 15) is 9.59 Å². The molecule has 1 rings (SSSR count). The van der Waals surface area contributed by atoms with Crippen molar-refractivity contribution in [2.75, 3.05) is 26.7 Å². The number of likely N-dealkylation sites (N-methyl/N-ethyl adjacent to an activating group) is 1. The number of carbonyl (C=O) groups excluding carboxylic acids is 2. The Balaban J connectivity index is 2.57. The second-order valence-corrected chi connectivity index (χ2v) is 5.29. The summed E-state index contributed by atoms with van der Waals surface area (Å²) in [6, 6.07) is 1.91. The lowest BCUT2D eigenvalue weighted by Gasteiger charge is -2.15. The van der Waals surface area contributed by atoms with Gasteiger partial charge in [0.05, 0.1) is 13.1 Å². The van der Waals surface area contributed by atoms with Gasteiger partial charge in [0.15, 0.2) is 5.78 Å². The predicted molar refractivity (Wildman–Crippen MR) is 80.0 cm³/mol. The van der Waals surface area contributed by atoms with Crippen LogP contribution in [-0.2, 0) is 11.8 Å². The van der Waals surface area contributed by atoms with E-state index in [1.54, 1.807) is 11.9 Å². The first-order valence-corrected chi connectivity index (χ1v) is 6.98. The van der Waals surface area contributed by atoms with Gasteiger partial charge in [0.1, 0.15) is 0 Å². The molecule has 1 amide bonds. The van der Waals surface area contributed by atoms with Gasteiger partial charge in [-0.05, 0) is 33.4 Å². The molecule has 0 aliphatic carbocycles. The van der Waals surface area contributed by atoms with Crippen LogP contribution >= 0.6 is 0 Å². The van der Waals surface area contributed by atoms with Crippen LogP contribution in [0.1, 0.15) is 35.1 Å². The average molecular weight is 279 g/mol. The van der Waals surface area contributed by atoms with Crippen molar-refractivity contribution in [2.45, 2.75) is 27.2 Å². The largest absolute Gasteiger partial charge is 0.355 e. The van der Waals surface area contributed by atoms with Gasteiger partial charge in [0, 0.05) is 30.5 Å². The van der Waals surface area contributed by atoms with Gasteiger partial charge in [0.25, 0.3) is 0 Å². The van der Waals surface area contributed by atoms with Crippen LogP contribution in [0.15, 0.2) is 6.07 Å². The topological polar surface area (TPSA) is 54.3 Å². The predicted octanol–water partition coefficient (Wildman–Crippen LogP) is 1.28. The van der Waals surface area contributed by atoms with Crippen LogP contribution in [0.3, 0.4) is 0 Å². The number of carbonyl (C=O) groups is 2. The molecule has 20 heavy (non-hydrogen) atoms. The summed E-state index contributed by atoms with van der Waals surface area (Å²) in [7, 11) is 3.73. The van der Waals surface area contributed by atoms with E-state index < -0.39 is 0 Å². The third kappa shape index (κ3) is 4.20. The van der Waals surface area contributed by atoms with Crippen LogP contribution in [0.4, 0.5) is 0 Å². The van der Waals surface area contributed by atoms with Gasteiger partial charge in [-0.25, -0.2) is 0 Å². The number of rotatable bonds is 7. The molecule has 1 aromatic rings. The standard InChI is InChI=1S/C15H25N3O2/c1-6-7-16-15(20)10-17(4)9-14(19)13-8-11(2)18(5)12(13)3/h8H,6-7,9-10H2,1-5H3,(H,16,20). The number of aryl methyl sites for hydroxylation is 1. The number of hydrogen-bond donors (Lipinski definition) is 1. The van der Waals surface area contributed by atoms with Crippen molar-refractivity contribution in [3.63, 3.8) is 0 Å². The molecule has 0 aromatic carbocycles. The third-order valence-electron chi connectivity index (χ3n) is 3.47. The van der Waals surface area contributed by atoms with Gasteiger partial charge in [0.2, 0.25) is 5.91 Å². The molecule has 0 spiro atoms. The van der Waals surface area contributed by atoms with Crippen LogP contribution in [0.5, 0.6) is 0 Å². The number of Topliss-reactive ketones (excluding diaryl/α,β-unsaturated/α-hetero) is 1. The number of nitrogens with one attached hydrogen (secondary N) is 1. The second-order valence-electron chi connectivity index (χ2n) is 5.29. The molecule has 0 radical (unpaired) electrons. The van der Waals surface area contributed by atoms with E-state index in [0.717, 1.165) is 23.4 Å². The summed E-state index contributed by atoms with van der Waals surface area (Å²) >= 11 is 0. The Morgan fingerprint density at radius 3 is 2.45 bits per heavy atom. The van der Waals surface area contributed by atoms with Crippen molar-refractivity contribution in [3.05, 3.63) is 23.0 Å². The maximum atomic E-state index is 12.3. The Hall–Kier alpha value is -1.62. The fourth-order valence-corrected chi connectivity index (χ4v) is 2.09. The maximum absolute atomic E-state index is 12.3. The summed E-state index contributed by atoms with van der Waals surface area (Å²) in [6.07, 6.45) is 0.914. The molecule has 0 unspecified atom stereocenters. The van der Waals surface area contributed by atoms with Gasteiger partial charge >= 0.3 is 0 Å². The molecular weight excluding hydrogens is 254 g/mol. The van der Waals surface area contributed by atoms with Gasteiger partial charge in [-0.3, -0.25) is 14.5 Å². The quantitative estimate of drug-likeness (QED) is 0.765. The molecule has 1 heterocycles. The van der Waals surface area contributed by atoms with Gasteiger partial charge in [-0.15, -0.1) is 0 Å². The van der Waals surface area contributed by atoms with Crippen molar-refractivity contribution in [2.24, 2.45) is 7.05 Å². The minimum atomic E-state index is -0.0388. The summed E-state index contributed by atoms with van der Waals surface area (Å²) < 4.78 is 2.00. The first-order chi connectivity index (χ1) is 9.36. The molecule has 5 heteroatoms. The fraction of sp³-hybridized carbons (Fsp3) is 0.600. The lowest BCUT2D eigenvalue weighted by molar-refractivity contribution is -0.121. The molecule has 0 aliphatic rings. The molecule has 0 fully saturated rings. The van der Waals surface area contributed by atoms with Crippen molar-refractivity contribution in [1.82, 2.24) is 14.8 Å². The first-order valence-electron chi connectivity index (χ1n) is 6.98. The number of hydrogen-bond acceptors (Lipinski definition) is 3. The second kappa shape index (κ2) is 7.24. The zero-order chi connectivity index (χ0) is 15.3. The SMILES string of the molecule is CCCNC(=O)CN(C)CC(=O)c1cc(C)n(C)c1C. The number of aromatic nitrogens is 1. The highest BCUT2D eigenvalue weighted by atomic mass is 16.2. The summed E-state index contributed by atoms with van der Waals surface area (Å²) in [5, 5.41) is 2.80. The fourth-order valence-electron chi connectivity index (χ4n) is 2.09. The highest BCUT2D eigenvalue weighted by Gasteiger charge is 2.16. The number of nitrogens with zero attached hydrogens (tertiary/aromatic N) is 2. The van der Waals surface area contributed by atoms with Gasteiger partial charge in [-0.2, -0.15) is 0 Å². The zero-order valence-electron chi connectivity index (χ0n) is 13.1. The Morgan fingerprint density at radius 1 is 1.30 bits per heavy atom. The van der Waals surface area contributed by atoms with Gasteiger partial charge < -0.3 is 9.88 Å². The smallest absolute Gasteiger partial charge is 0.234 e. The van der Waals surface area contributed by atoms with Crippen LogP contribution in [0.2, 0.25) is 0 Å². The summed E-state index contributed by atoms with van der Waals surface area (Å²) in [6.45, 7) is 7.10. The lowest BCUT2D eigenvalue weighted by Crippen LogP contribution is -2.37.